The number of hydrogen-bond acceptors (Lipinski definition) is 4. The average molecular weight is 335 g/mol. The van der Waals surface area contributed by atoms with Gasteiger partial charge in [0.05, 0.1) is 17.0 Å². The highest BCUT2D eigenvalue weighted by molar-refractivity contribution is 6.35. The molecule has 0 aliphatic rings. The smallest absolute Gasteiger partial charge is 0.185 e. The molecule has 0 radical (unpaired) electrons. The Balaban J connectivity index is 2.33. The van der Waals surface area contributed by atoms with Gasteiger partial charge < -0.3 is 5.11 Å². The van der Waals surface area contributed by atoms with Gasteiger partial charge in [-0.3, -0.25) is 0 Å². The molecular formula is C15H12Cl2N4O. The van der Waals surface area contributed by atoms with Gasteiger partial charge in [-0.25, -0.2) is 4.52 Å². The zero-order valence-electron chi connectivity index (χ0n) is 11.9. The predicted octanol–water partition coefficient (Wildman–Crippen LogP) is 4.24. The first kappa shape index (κ1) is 14.8. The van der Waals surface area contributed by atoms with Crippen molar-refractivity contribution in [2.75, 3.05) is 0 Å². The van der Waals surface area contributed by atoms with Gasteiger partial charge in [-0.05, 0) is 37.6 Å². The van der Waals surface area contributed by atoms with Crippen LogP contribution in [0.15, 0.2) is 24.8 Å². The maximum atomic E-state index is 9.56. The Hall–Kier alpha value is -2.11. The summed E-state index contributed by atoms with van der Waals surface area (Å²) in [6.45, 7) is 7.14. The van der Waals surface area contributed by atoms with Crippen molar-refractivity contribution in [3.05, 3.63) is 51.9 Å². The van der Waals surface area contributed by atoms with Gasteiger partial charge in [0.1, 0.15) is 11.5 Å². The first-order valence-electron chi connectivity index (χ1n) is 6.46. The fraction of sp³-hybridized carbons (Fsp3) is 0.133. The van der Waals surface area contributed by atoms with E-state index in [1.807, 2.05) is 6.92 Å². The lowest BCUT2D eigenvalue weighted by molar-refractivity contribution is 0.506. The average Bonchev–Trinajstić information content (AvgIpc) is 2.74. The van der Waals surface area contributed by atoms with Gasteiger partial charge in [0.15, 0.2) is 5.65 Å². The van der Waals surface area contributed by atoms with Crippen LogP contribution in [0.25, 0.3) is 22.5 Å². The van der Waals surface area contributed by atoms with E-state index in [0.29, 0.717) is 27.1 Å². The topological polar surface area (TPSA) is 63.3 Å². The Bertz CT molecular complexity index is 897. The summed E-state index contributed by atoms with van der Waals surface area (Å²) in [5.41, 5.74) is 3.91. The normalized spacial score (nSPS) is 11.1. The van der Waals surface area contributed by atoms with E-state index in [-0.39, 0.29) is 5.76 Å². The number of aliphatic hydroxyl groups is 1. The summed E-state index contributed by atoms with van der Waals surface area (Å²) in [6, 6.07) is 5.26. The van der Waals surface area contributed by atoms with Crippen LogP contribution in [0, 0.1) is 13.8 Å². The molecule has 3 aromatic rings. The molecule has 0 aliphatic carbocycles. The van der Waals surface area contributed by atoms with Crippen LogP contribution < -0.4 is 0 Å². The Labute approximate surface area is 136 Å². The van der Waals surface area contributed by atoms with Crippen LogP contribution in [-0.2, 0) is 0 Å². The number of nitrogens with zero attached hydrogens (tertiary/aromatic N) is 4. The lowest BCUT2D eigenvalue weighted by Crippen LogP contribution is -2.04. The number of hydrogen-bond donors (Lipinski definition) is 1. The molecule has 0 amide bonds. The highest BCUT2D eigenvalue weighted by atomic mass is 35.5. The predicted molar refractivity (Wildman–Crippen MR) is 87.4 cm³/mol. The molecule has 112 valence electrons. The number of aryl methyl sites for hydroxylation is 2. The van der Waals surface area contributed by atoms with E-state index in [4.69, 9.17) is 23.2 Å². The van der Waals surface area contributed by atoms with Crippen LogP contribution >= 0.6 is 23.2 Å². The molecule has 0 unspecified atom stereocenters. The van der Waals surface area contributed by atoms with Crippen molar-refractivity contribution in [2.24, 2.45) is 0 Å². The molecule has 1 N–H and O–H groups in total. The summed E-state index contributed by atoms with van der Waals surface area (Å²) in [5, 5.41) is 23.3. The molecule has 3 rings (SSSR count). The van der Waals surface area contributed by atoms with Gasteiger partial charge in [0, 0.05) is 10.0 Å². The standard InChI is InChI=1S/C15H12Cl2N4O/c1-7-13(10-4-11(16)6-12(17)5-10)15-19-18-14(9(3)22)8(2)21(15)20-7/h4-6,22H,3H2,1-2H3. The van der Waals surface area contributed by atoms with Crippen molar-refractivity contribution >= 4 is 34.6 Å². The number of aliphatic hydroxyl groups excluding tert-OH is 1. The molecule has 0 spiro atoms. The lowest BCUT2D eigenvalue weighted by Gasteiger charge is -2.05. The summed E-state index contributed by atoms with van der Waals surface area (Å²) in [7, 11) is 0. The van der Waals surface area contributed by atoms with Crippen molar-refractivity contribution in [1.82, 2.24) is 19.8 Å². The molecule has 0 aliphatic heterocycles. The summed E-state index contributed by atoms with van der Waals surface area (Å²) in [4.78, 5) is 0. The maximum Gasteiger partial charge on any atom is 0.185 e. The SMILES string of the molecule is C=C(O)c1nnc2c(-c3cc(Cl)cc(Cl)c3)c(C)nn2c1C. The first-order chi connectivity index (χ1) is 10.4. The number of halogens is 2. The minimum absolute atomic E-state index is 0.146. The second-order valence-electron chi connectivity index (χ2n) is 4.93. The number of benzene rings is 1. The van der Waals surface area contributed by atoms with E-state index < -0.39 is 0 Å². The largest absolute Gasteiger partial charge is 0.506 e. The minimum Gasteiger partial charge on any atom is -0.506 e. The monoisotopic (exact) mass is 334 g/mol. The van der Waals surface area contributed by atoms with E-state index in [9.17, 15) is 5.11 Å². The van der Waals surface area contributed by atoms with Gasteiger partial charge in [-0.2, -0.15) is 5.10 Å². The van der Waals surface area contributed by atoms with Crippen molar-refractivity contribution in [3.8, 4) is 11.1 Å². The lowest BCUT2D eigenvalue weighted by atomic mass is 10.1. The minimum atomic E-state index is -0.146. The first-order valence-corrected chi connectivity index (χ1v) is 7.21. The third-order valence-corrected chi connectivity index (χ3v) is 3.80. The molecule has 2 aromatic heterocycles. The zero-order chi connectivity index (χ0) is 16.0. The van der Waals surface area contributed by atoms with Crippen molar-refractivity contribution < 1.29 is 5.11 Å². The second-order valence-corrected chi connectivity index (χ2v) is 5.81. The molecule has 2 heterocycles. The van der Waals surface area contributed by atoms with E-state index >= 15 is 0 Å². The fourth-order valence-corrected chi connectivity index (χ4v) is 2.94. The third kappa shape index (κ3) is 2.32. The summed E-state index contributed by atoms with van der Waals surface area (Å²) < 4.78 is 1.63. The molecule has 0 saturated heterocycles. The van der Waals surface area contributed by atoms with E-state index in [0.717, 1.165) is 16.8 Å². The molecule has 5 nitrogen and oxygen atoms in total. The van der Waals surface area contributed by atoms with Crippen molar-refractivity contribution in [3.63, 3.8) is 0 Å². The Morgan fingerprint density at radius 2 is 1.77 bits per heavy atom. The molecule has 1 aromatic carbocycles. The van der Waals surface area contributed by atoms with Crippen LogP contribution in [0.3, 0.4) is 0 Å². The summed E-state index contributed by atoms with van der Waals surface area (Å²) in [6.07, 6.45) is 0. The zero-order valence-corrected chi connectivity index (χ0v) is 13.4. The van der Waals surface area contributed by atoms with E-state index in [1.165, 1.54) is 0 Å². The van der Waals surface area contributed by atoms with E-state index in [2.05, 4.69) is 21.9 Å². The molecule has 0 bridgehead atoms. The summed E-state index contributed by atoms with van der Waals surface area (Å²) >= 11 is 12.2. The van der Waals surface area contributed by atoms with Crippen LogP contribution in [0.2, 0.25) is 10.0 Å². The number of rotatable bonds is 2. The van der Waals surface area contributed by atoms with Crippen molar-refractivity contribution in [2.45, 2.75) is 13.8 Å². The number of fused-ring (bicyclic) bond motifs is 1. The van der Waals surface area contributed by atoms with Gasteiger partial charge in [0.2, 0.25) is 0 Å². The van der Waals surface area contributed by atoms with Crippen LogP contribution in [0.5, 0.6) is 0 Å². The molecule has 0 fully saturated rings. The van der Waals surface area contributed by atoms with Crippen molar-refractivity contribution in [1.29, 1.82) is 0 Å². The van der Waals surface area contributed by atoms with Crippen LogP contribution in [-0.4, -0.2) is 24.9 Å². The quantitative estimate of drug-likeness (QED) is 0.712. The van der Waals surface area contributed by atoms with Gasteiger partial charge in [-0.1, -0.05) is 29.8 Å². The highest BCUT2D eigenvalue weighted by Crippen LogP contribution is 2.32. The maximum absolute atomic E-state index is 9.56. The van der Waals surface area contributed by atoms with Gasteiger partial charge >= 0.3 is 0 Å². The summed E-state index contributed by atoms with van der Waals surface area (Å²) in [5.74, 6) is -0.146. The molecule has 22 heavy (non-hydrogen) atoms. The highest BCUT2D eigenvalue weighted by Gasteiger charge is 2.18. The second kappa shape index (κ2) is 5.26. The number of aromatic nitrogens is 4. The van der Waals surface area contributed by atoms with E-state index in [1.54, 1.807) is 29.6 Å². The van der Waals surface area contributed by atoms with Crippen LogP contribution in [0.1, 0.15) is 17.1 Å². The van der Waals surface area contributed by atoms with Gasteiger partial charge in [-0.15, -0.1) is 10.2 Å². The Morgan fingerprint density at radius 3 is 2.36 bits per heavy atom. The van der Waals surface area contributed by atoms with Crippen LogP contribution in [0.4, 0.5) is 0 Å². The Morgan fingerprint density at radius 1 is 1.14 bits per heavy atom. The van der Waals surface area contributed by atoms with Gasteiger partial charge in [0.25, 0.3) is 0 Å². The molecule has 7 heteroatoms. The molecule has 0 saturated carbocycles. The Kier molecular flexibility index (Phi) is 3.54. The third-order valence-electron chi connectivity index (χ3n) is 3.37. The molecular weight excluding hydrogens is 323 g/mol. The fourth-order valence-electron chi connectivity index (χ4n) is 2.41. The molecule has 0 atom stereocenters.